The van der Waals surface area contributed by atoms with E-state index in [2.05, 4.69) is 4.98 Å². The molecule has 0 aliphatic carbocycles. The Balaban J connectivity index is 2.18. The van der Waals surface area contributed by atoms with Gasteiger partial charge in [0.15, 0.2) is 12.4 Å². The molecule has 142 valence electrons. The van der Waals surface area contributed by atoms with E-state index >= 15 is 0 Å². The Bertz CT molecular complexity index is 1050. The fourth-order valence-corrected chi connectivity index (χ4v) is 2.72. The molecule has 0 fully saturated rings. The molecule has 0 atom stereocenters. The average Bonchev–Trinajstić information content (AvgIpc) is 2.61. The first kappa shape index (κ1) is 18.6. The van der Waals surface area contributed by atoms with Crippen LogP contribution in [-0.4, -0.2) is 14.8 Å². The highest BCUT2D eigenvalue weighted by molar-refractivity contribution is 5.62. The van der Waals surface area contributed by atoms with Crippen LogP contribution < -0.4 is 9.46 Å². The number of rotatable bonds is 4. The molecule has 3 heterocycles. The Morgan fingerprint density at radius 1 is 0.821 bits per heavy atom. The Labute approximate surface area is 157 Å². The van der Waals surface area contributed by atoms with Crippen LogP contribution in [0.2, 0.25) is 0 Å². The minimum atomic E-state index is -0.613. The second kappa shape index (κ2) is 6.87. The van der Waals surface area contributed by atoms with Gasteiger partial charge in [-0.3, -0.25) is 20.2 Å². The topological polar surface area (TPSA) is 153 Å². The van der Waals surface area contributed by atoms with Crippen molar-refractivity contribution in [2.24, 2.45) is 0 Å². The normalized spacial score (nSPS) is 10.6. The smallest absolute Gasteiger partial charge is 0.285 e. The van der Waals surface area contributed by atoms with Crippen molar-refractivity contribution in [3.05, 3.63) is 84.5 Å². The maximum Gasteiger partial charge on any atom is 0.285 e. The molecule has 0 aliphatic rings. The van der Waals surface area contributed by atoms with E-state index in [4.69, 9.17) is 0 Å². The van der Waals surface area contributed by atoms with Crippen molar-refractivity contribution in [1.29, 1.82) is 0 Å². The Morgan fingerprint density at radius 3 is 1.57 bits per heavy atom. The first-order valence-electron chi connectivity index (χ1n) is 7.93. The molecular formula is C17H13N5O6. The van der Waals surface area contributed by atoms with E-state index < -0.39 is 9.85 Å². The van der Waals surface area contributed by atoms with Gasteiger partial charge in [0.1, 0.15) is 11.4 Å². The number of aromatic nitrogens is 3. The van der Waals surface area contributed by atoms with E-state index in [9.17, 15) is 30.6 Å². The molecule has 0 N–H and O–H groups in total. The molecule has 3 aromatic heterocycles. The van der Waals surface area contributed by atoms with E-state index in [0.29, 0.717) is 9.46 Å². The molecule has 0 bridgehead atoms. The zero-order chi connectivity index (χ0) is 20.6. The van der Waals surface area contributed by atoms with Gasteiger partial charge in [0.25, 0.3) is 11.4 Å². The van der Waals surface area contributed by atoms with E-state index in [-0.39, 0.29) is 45.3 Å². The number of nitrogens with zero attached hydrogens (tertiary/aromatic N) is 5. The van der Waals surface area contributed by atoms with Crippen molar-refractivity contribution in [1.82, 2.24) is 4.98 Å². The lowest BCUT2D eigenvalue weighted by molar-refractivity contribution is -0.595. The summed E-state index contributed by atoms with van der Waals surface area (Å²) < 4.78 is 0.884. The molecular weight excluding hydrogens is 370 g/mol. The summed E-state index contributed by atoms with van der Waals surface area (Å²) in [6, 6.07) is 6.58. The minimum Gasteiger partial charge on any atom is -0.618 e. The second-order valence-corrected chi connectivity index (χ2v) is 6.03. The van der Waals surface area contributed by atoms with Gasteiger partial charge in [-0.25, -0.2) is 4.98 Å². The molecule has 0 saturated heterocycles. The molecule has 3 rings (SSSR count). The lowest BCUT2D eigenvalue weighted by Gasteiger charge is -2.08. The SMILES string of the molecule is Cc1c[n+]([O-])c(-c2cccc(-c3cc([N+](=O)[O-])c(C)c[n+]3[O-])n2)cc1[N+](=O)[O-]. The van der Waals surface area contributed by atoms with Gasteiger partial charge < -0.3 is 10.4 Å². The standard InChI is InChI=1S/C17H13N5O6/c1-10-8-19(23)16(6-14(10)21(25)26)12-4-3-5-13(18-12)17-7-15(22(27)28)11(2)9-20(17)24/h3-9H,1-2H3. The molecule has 0 saturated carbocycles. The summed E-state index contributed by atoms with van der Waals surface area (Å²) in [5, 5.41) is 46.7. The van der Waals surface area contributed by atoms with E-state index in [1.54, 1.807) is 0 Å². The predicted molar refractivity (Wildman–Crippen MR) is 95.8 cm³/mol. The first-order valence-corrected chi connectivity index (χ1v) is 7.93. The van der Waals surface area contributed by atoms with Crippen molar-refractivity contribution >= 4 is 11.4 Å². The lowest BCUT2D eigenvalue weighted by Crippen LogP contribution is -2.31. The quantitative estimate of drug-likeness (QED) is 0.289. The van der Waals surface area contributed by atoms with Crippen LogP contribution in [0.3, 0.4) is 0 Å². The molecule has 0 unspecified atom stereocenters. The number of hydrogen-bond donors (Lipinski definition) is 0. The molecule has 0 aliphatic heterocycles. The lowest BCUT2D eigenvalue weighted by atomic mass is 10.1. The molecule has 0 amide bonds. The maximum absolute atomic E-state index is 12.2. The molecule has 11 nitrogen and oxygen atoms in total. The van der Waals surface area contributed by atoms with Crippen molar-refractivity contribution in [3.8, 4) is 22.8 Å². The third-order valence-corrected chi connectivity index (χ3v) is 4.12. The molecule has 0 aromatic carbocycles. The zero-order valence-corrected chi connectivity index (χ0v) is 14.7. The molecule has 28 heavy (non-hydrogen) atoms. The molecule has 3 aromatic rings. The third-order valence-electron chi connectivity index (χ3n) is 4.12. The minimum absolute atomic E-state index is 0.0822. The van der Waals surface area contributed by atoms with Crippen LogP contribution in [0.25, 0.3) is 22.8 Å². The van der Waals surface area contributed by atoms with Crippen LogP contribution in [0.5, 0.6) is 0 Å². The molecule has 0 radical (unpaired) electrons. The molecule has 11 heteroatoms. The van der Waals surface area contributed by atoms with E-state index in [1.165, 1.54) is 32.0 Å². The van der Waals surface area contributed by atoms with E-state index in [0.717, 1.165) is 24.5 Å². The highest BCUT2D eigenvalue weighted by atomic mass is 16.6. The number of aryl methyl sites for hydroxylation is 2. The fraction of sp³-hybridized carbons (Fsp3) is 0.118. The average molecular weight is 383 g/mol. The van der Waals surface area contributed by atoms with Gasteiger partial charge in [-0.2, -0.15) is 9.46 Å². The zero-order valence-electron chi connectivity index (χ0n) is 14.7. The number of pyridine rings is 3. The summed E-state index contributed by atoms with van der Waals surface area (Å²) in [5.74, 6) is 0. The second-order valence-electron chi connectivity index (χ2n) is 6.03. The van der Waals surface area contributed by atoms with Crippen LogP contribution in [-0.2, 0) is 0 Å². The van der Waals surface area contributed by atoms with Crippen LogP contribution in [0.15, 0.2) is 42.7 Å². The number of nitro groups is 2. The summed E-state index contributed by atoms with van der Waals surface area (Å²) in [6.45, 7) is 2.87. The Morgan fingerprint density at radius 2 is 1.21 bits per heavy atom. The Kier molecular flexibility index (Phi) is 4.57. The van der Waals surface area contributed by atoms with E-state index in [1.807, 2.05) is 0 Å². The molecule has 0 spiro atoms. The van der Waals surface area contributed by atoms with Crippen molar-refractivity contribution in [3.63, 3.8) is 0 Å². The van der Waals surface area contributed by atoms with Crippen LogP contribution >= 0.6 is 0 Å². The van der Waals surface area contributed by atoms with Gasteiger partial charge in [-0.1, -0.05) is 6.07 Å². The summed E-state index contributed by atoms with van der Waals surface area (Å²) in [6.07, 6.45) is 2.12. The van der Waals surface area contributed by atoms with Crippen molar-refractivity contribution in [2.45, 2.75) is 13.8 Å². The van der Waals surface area contributed by atoms with Gasteiger partial charge in [0.2, 0.25) is 11.4 Å². The largest absolute Gasteiger partial charge is 0.618 e. The fourth-order valence-electron chi connectivity index (χ4n) is 2.72. The van der Waals surface area contributed by atoms with Crippen molar-refractivity contribution < 1.29 is 19.3 Å². The van der Waals surface area contributed by atoms with Crippen LogP contribution in [0.1, 0.15) is 11.1 Å². The summed E-state index contributed by atoms with van der Waals surface area (Å²) in [4.78, 5) is 25.3. The predicted octanol–water partition coefficient (Wildman–Crippen LogP) is 2.12. The number of hydrogen-bond acceptors (Lipinski definition) is 7. The summed E-state index contributed by atoms with van der Waals surface area (Å²) in [5.41, 5.74) is -0.134. The van der Waals surface area contributed by atoms with Gasteiger partial charge in [0.05, 0.1) is 33.1 Å². The third kappa shape index (κ3) is 3.28. The van der Waals surface area contributed by atoms with Crippen LogP contribution in [0.4, 0.5) is 11.4 Å². The highest BCUT2D eigenvalue weighted by Crippen LogP contribution is 2.26. The van der Waals surface area contributed by atoms with Gasteiger partial charge in [-0.15, -0.1) is 0 Å². The monoisotopic (exact) mass is 383 g/mol. The summed E-state index contributed by atoms with van der Waals surface area (Å²) in [7, 11) is 0. The first-order chi connectivity index (χ1) is 13.2. The van der Waals surface area contributed by atoms with Gasteiger partial charge >= 0.3 is 0 Å². The van der Waals surface area contributed by atoms with Gasteiger partial charge in [-0.05, 0) is 26.0 Å². The van der Waals surface area contributed by atoms with Gasteiger partial charge in [0, 0.05) is 0 Å². The van der Waals surface area contributed by atoms with Crippen LogP contribution in [0, 0.1) is 44.5 Å². The maximum atomic E-state index is 12.2. The Hall–Kier alpha value is -4.15. The highest BCUT2D eigenvalue weighted by Gasteiger charge is 2.24. The van der Waals surface area contributed by atoms with Crippen molar-refractivity contribution in [2.75, 3.05) is 0 Å². The summed E-state index contributed by atoms with van der Waals surface area (Å²) >= 11 is 0.